The lowest BCUT2D eigenvalue weighted by atomic mass is 10.9. The molecular formula is C6H12Cl2O2Si. The molecule has 1 fully saturated rings. The Bertz CT molecular complexity index is 128. The van der Waals surface area contributed by atoms with Crippen LogP contribution in [0.25, 0.3) is 0 Å². The smallest absolute Gasteiger partial charge is 0.448 e. The number of carbonyl (C=O) groups is 1. The quantitative estimate of drug-likeness (QED) is 0.496. The molecule has 1 saturated carbocycles. The Balaban J connectivity index is 0.000000271. The second kappa shape index (κ2) is 5.01. The van der Waals surface area contributed by atoms with Crippen molar-refractivity contribution in [2.24, 2.45) is 0 Å². The van der Waals surface area contributed by atoms with Gasteiger partial charge in [0.2, 0.25) is 0 Å². The zero-order valence-electron chi connectivity index (χ0n) is 6.69. The lowest BCUT2D eigenvalue weighted by Crippen LogP contribution is -2.21. The first-order chi connectivity index (χ1) is 4.92. The van der Waals surface area contributed by atoms with Crippen LogP contribution >= 0.6 is 22.2 Å². The second-order valence-electron chi connectivity index (χ2n) is 2.46. The average Bonchev–Trinajstić information content (AvgIpc) is 2.33. The molecule has 5 heteroatoms. The lowest BCUT2D eigenvalue weighted by molar-refractivity contribution is -0.132. The molecule has 2 nitrogen and oxygen atoms in total. The van der Waals surface area contributed by atoms with Crippen molar-refractivity contribution in [3.05, 3.63) is 0 Å². The van der Waals surface area contributed by atoms with Gasteiger partial charge in [0, 0.05) is 6.92 Å². The van der Waals surface area contributed by atoms with Crippen molar-refractivity contribution in [3.63, 3.8) is 0 Å². The van der Waals surface area contributed by atoms with Gasteiger partial charge in [-0.05, 0) is 6.55 Å². The standard InChI is InChI=1S/C3H6Cl2O2Si.C3H6/c1-3(6)7-8(2,4)5;1-2-3-1/h1-2H3;1-3H2. The van der Waals surface area contributed by atoms with Crippen molar-refractivity contribution < 1.29 is 9.22 Å². The molecule has 1 aliphatic rings. The number of hydrogen-bond acceptors (Lipinski definition) is 2. The molecule has 0 heterocycles. The van der Waals surface area contributed by atoms with Crippen LogP contribution in [0.15, 0.2) is 0 Å². The van der Waals surface area contributed by atoms with Gasteiger partial charge in [-0.1, -0.05) is 19.3 Å². The summed E-state index contributed by atoms with van der Waals surface area (Å²) in [5, 5.41) is 0. The van der Waals surface area contributed by atoms with Crippen LogP contribution in [-0.2, 0) is 9.22 Å². The van der Waals surface area contributed by atoms with Gasteiger partial charge in [0.05, 0.1) is 0 Å². The Morgan fingerprint density at radius 3 is 1.73 bits per heavy atom. The predicted molar refractivity (Wildman–Crippen MR) is 48.9 cm³/mol. The Morgan fingerprint density at radius 2 is 1.73 bits per heavy atom. The molecule has 0 aromatic heterocycles. The van der Waals surface area contributed by atoms with Crippen LogP contribution < -0.4 is 0 Å². The highest BCUT2D eigenvalue weighted by atomic mass is 35.7. The molecule has 11 heavy (non-hydrogen) atoms. The van der Waals surface area contributed by atoms with E-state index in [0.29, 0.717) is 0 Å². The summed E-state index contributed by atoms with van der Waals surface area (Å²) >= 11 is 10.8. The minimum atomic E-state index is -2.63. The summed E-state index contributed by atoms with van der Waals surface area (Å²) in [6.45, 7) is 0.160. The zero-order valence-corrected chi connectivity index (χ0v) is 9.21. The third-order valence-electron chi connectivity index (χ3n) is 0.676. The first kappa shape index (κ1) is 11.3. The molecule has 0 aromatic carbocycles. The highest BCUT2D eigenvalue weighted by Gasteiger charge is 2.25. The van der Waals surface area contributed by atoms with Gasteiger partial charge in [0.15, 0.2) is 0 Å². The van der Waals surface area contributed by atoms with E-state index in [1.54, 1.807) is 0 Å². The van der Waals surface area contributed by atoms with Gasteiger partial charge in [-0.2, -0.15) is 0 Å². The molecule has 0 aromatic rings. The molecule has 0 bridgehead atoms. The largest absolute Gasteiger partial charge is 0.492 e. The third kappa shape index (κ3) is 17.9. The van der Waals surface area contributed by atoms with E-state index >= 15 is 0 Å². The highest BCUT2D eigenvalue weighted by molar-refractivity contribution is 7.42. The van der Waals surface area contributed by atoms with Crippen molar-refractivity contribution in [3.8, 4) is 0 Å². The van der Waals surface area contributed by atoms with E-state index in [1.165, 1.54) is 32.7 Å². The van der Waals surface area contributed by atoms with Gasteiger partial charge in [-0.25, -0.2) is 0 Å². The van der Waals surface area contributed by atoms with E-state index in [4.69, 9.17) is 22.2 Å². The number of hydrogen-bond donors (Lipinski definition) is 0. The SMILES string of the molecule is C1CC1.CC(=O)O[Si](C)(Cl)Cl. The predicted octanol–water partition coefficient (Wildman–Crippen LogP) is 2.77. The van der Waals surface area contributed by atoms with Crippen LogP contribution in [0, 0.1) is 0 Å². The summed E-state index contributed by atoms with van der Waals surface area (Å²) in [7, 11) is 0. The first-order valence-corrected chi connectivity index (χ1v) is 7.92. The lowest BCUT2D eigenvalue weighted by Gasteiger charge is -2.08. The third-order valence-corrected chi connectivity index (χ3v) is 1.79. The van der Waals surface area contributed by atoms with Crippen molar-refractivity contribution in [2.45, 2.75) is 32.7 Å². The van der Waals surface area contributed by atoms with E-state index in [0.717, 1.165) is 0 Å². The Kier molecular flexibility index (Phi) is 5.13. The van der Waals surface area contributed by atoms with Crippen molar-refractivity contribution >= 4 is 35.1 Å². The van der Waals surface area contributed by atoms with Crippen LogP contribution in [0.2, 0.25) is 6.55 Å². The minimum Gasteiger partial charge on any atom is -0.492 e. The fourth-order valence-electron chi connectivity index (χ4n) is 0.252. The molecule has 0 atom stereocenters. The van der Waals surface area contributed by atoms with E-state index < -0.39 is 12.9 Å². The fraction of sp³-hybridized carbons (Fsp3) is 0.833. The molecule has 0 saturated heterocycles. The molecule has 0 N–H and O–H groups in total. The number of carbonyl (C=O) groups excluding carboxylic acids is 1. The molecule has 0 radical (unpaired) electrons. The summed E-state index contributed by atoms with van der Waals surface area (Å²) in [6.07, 6.45) is 4.50. The van der Waals surface area contributed by atoms with Gasteiger partial charge >= 0.3 is 6.94 Å². The van der Waals surface area contributed by atoms with Crippen LogP contribution in [0.1, 0.15) is 26.2 Å². The minimum absolute atomic E-state index is 0.427. The maximum absolute atomic E-state index is 10.1. The summed E-state index contributed by atoms with van der Waals surface area (Å²) in [5.74, 6) is -0.427. The van der Waals surface area contributed by atoms with Gasteiger partial charge in [-0.3, -0.25) is 4.79 Å². The van der Waals surface area contributed by atoms with Crippen LogP contribution in [-0.4, -0.2) is 12.9 Å². The molecule has 0 spiro atoms. The highest BCUT2D eigenvalue weighted by Crippen LogP contribution is 2.15. The van der Waals surface area contributed by atoms with Crippen LogP contribution in [0.5, 0.6) is 0 Å². The zero-order chi connectivity index (χ0) is 8.91. The summed E-state index contributed by atoms with van der Waals surface area (Å²) in [5.41, 5.74) is 0. The van der Waals surface area contributed by atoms with Crippen LogP contribution in [0.3, 0.4) is 0 Å². The maximum atomic E-state index is 10.1. The molecule has 66 valence electrons. The van der Waals surface area contributed by atoms with Crippen molar-refractivity contribution in [2.75, 3.05) is 0 Å². The molecule has 0 aliphatic heterocycles. The summed E-state index contributed by atoms with van der Waals surface area (Å²) in [4.78, 5) is 10.1. The topological polar surface area (TPSA) is 26.3 Å². The molecule has 0 unspecified atom stereocenters. The molecule has 1 aliphatic carbocycles. The van der Waals surface area contributed by atoms with E-state index in [-0.39, 0.29) is 0 Å². The average molecular weight is 215 g/mol. The second-order valence-corrected chi connectivity index (χ2v) is 9.19. The van der Waals surface area contributed by atoms with E-state index in [2.05, 4.69) is 4.43 Å². The van der Waals surface area contributed by atoms with Gasteiger partial charge in [0.25, 0.3) is 5.97 Å². The van der Waals surface area contributed by atoms with Crippen molar-refractivity contribution in [1.82, 2.24) is 0 Å². The first-order valence-electron chi connectivity index (χ1n) is 3.49. The Hall–Kier alpha value is 0.267. The molecular weight excluding hydrogens is 203 g/mol. The van der Waals surface area contributed by atoms with E-state index in [9.17, 15) is 4.79 Å². The molecule has 0 amide bonds. The monoisotopic (exact) mass is 214 g/mol. The van der Waals surface area contributed by atoms with E-state index in [1.807, 2.05) is 0 Å². The number of rotatable bonds is 1. The number of halogens is 2. The Labute approximate surface area is 77.4 Å². The molecule has 1 rings (SSSR count). The Morgan fingerprint density at radius 1 is 1.36 bits per heavy atom. The summed E-state index contributed by atoms with van der Waals surface area (Å²) in [6, 6.07) is 0. The van der Waals surface area contributed by atoms with Crippen molar-refractivity contribution in [1.29, 1.82) is 0 Å². The van der Waals surface area contributed by atoms with Crippen LogP contribution in [0.4, 0.5) is 0 Å². The normalized spacial score (nSPS) is 14.5. The van der Waals surface area contributed by atoms with Gasteiger partial charge in [0.1, 0.15) is 0 Å². The maximum Gasteiger partial charge on any atom is 0.448 e. The fourth-order valence-corrected chi connectivity index (χ4v) is 1.41. The van der Waals surface area contributed by atoms with Gasteiger partial charge in [-0.15, -0.1) is 22.2 Å². The van der Waals surface area contributed by atoms with Gasteiger partial charge < -0.3 is 4.43 Å². The summed E-state index contributed by atoms with van der Waals surface area (Å²) < 4.78 is 4.47.